The summed E-state index contributed by atoms with van der Waals surface area (Å²) in [6, 6.07) is 6.20. The molecule has 0 bridgehead atoms. The summed E-state index contributed by atoms with van der Waals surface area (Å²) in [4.78, 5) is 0. The molecular weight excluding hydrogens is 208 g/mol. The number of nitrogens with two attached hydrogens (primary N) is 1. The molecule has 0 radical (unpaired) electrons. The van der Waals surface area contributed by atoms with Crippen molar-refractivity contribution in [2.45, 2.75) is 41.2 Å². The van der Waals surface area contributed by atoms with Crippen LogP contribution in [0.1, 0.15) is 38.8 Å². The Kier molecular flexibility index (Phi) is 4.58. The van der Waals surface area contributed by atoms with Crippen LogP contribution < -0.4 is 11.1 Å². The van der Waals surface area contributed by atoms with Gasteiger partial charge in [0.2, 0.25) is 0 Å². The zero-order valence-corrected chi connectivity index (χ0v) is 11.8. The first kappa shape index (κ1) is 14.0. The molecule has 3 N–H and O–H groups in total. The van der Waals surface area contributed by atoms with Gasteiger partial charge in [-0.25, -0.2) is 0 Å². The molecule has 0 aliphatic rings. The van der Waals surface area contributed by atoms with Crippen molar-refractivity contribution in [2.75, 3.05) is 12.3 Å². The van der Waals surface area contributed by atoms with Gasteiger partial charge in [0.05, 0.1) is 0 Å². The van der Waals surface area contributed by atoms with E-state index >= 15 is 0 Å². The first-order valence-electron chi connectivity index (χ1n) is 6.38. The van der Waals surface area contributed by atoms with Gasteiger partial charge in [0, 0.05) is 18.8 Å². The lowest BCUT2D eigenvalue weighted by Crippen LogP contribution is -2.33. The molecule has 2 heteroatoms. The lowest BCUT2D eigenvalue weighted by molar-refractivity contribution is 0.238. The Hall–Kier alpha value is -1.02. The molecule has 1 rings (SSSR count). The predicted octanol–water partition coefficient (Wildman–Crippen LogP) is 3.35. The molecule has 0 unspecified atom stereocenters. The van der Waals surface area contributed by atoms with Gasteiger partial charge in [-0.1, -0.05) is 45.4 Å². The summed E-state index contributed by atoms with van der Waals surface area (Å²) in [5.74, 6) is 0.671. The second-order valence-electron chi connectivity index (χ2n) is 5.95. The van der Waals surface area contributed by atoms with Gasteiger partial charge in [0.15, 0.2) is 0 Å². The van der Waals surface area contributed by atoms with E-state index in [2.05, 4.69) is 52.1 Å². The number of benzene rings is 1. The van der Waals surface area contributed by atoms with E-state index in [9.17, 15) is 0 Å². The van der Waals surface area contributed by atoms with Crippen molar-refractivity contribution in [3.63, 3.8) is 0 Å². The second kappa shape index (κ2) is 5.54. The van der Waals surface area contributed by atoms with Crippen molar-refractivity contribution in [1.82, 2.24) is 5.32 Å². The largest absolute Gasteiger partial charge is 0.398 e. The maximum atomic E-state index is 5.96. The van der Waals surface area contributed by atoms with E-state index in [-0.39, 0.29) is 0 Å². The number of rotatable bonds is 5. The predicted molar refractivity (Wildman–Crippen MR) is 75.9 cm³/mol. The van der Waals surface area contributed by atoms with Crippen LogP contribution in [-0.4, -0.2) is 6.54 Å². The van der Waals surface area contributed by atoms with Crippen molar-refractivity contribution >= 4 is 5.69 Å². The SMILES string of the molecule is Cc1ccc(N)c(CNCC(C)(C)C(C)C)c1. The molecule has 0 atom stereocenters. The number of nitrogen functional groups attached to an aromatic ring is 1. The normalized spacial score (nSPS) is 12.1. The Bertz CT molecular complexity index is 367. The lowest BCUT2D eigenvalue weighted by atomic mass is 9.81. The minimum absolute atomic E-state index is 0.318. The van der Waals surface area contributed by atoms with Gasteiger partial charge in [-0.2, -0.15) is 0 Å². The Morgan fingerprint density at radius 1 is 1.29 bits per heavy atom. The van der Waals surface area contributed by atoms with Crippen molar-refractivity contribution in [2.24, 2.45) is 11.3 Å². The fourth-order valence-electron chi connectivity index (χ4n) is 1.61. The maximum Gasteiger partial charge on any atom is 0.0359 e. The summed E-state index contributed by atoms with van der Waals surface area (Å²) in [7, 11) is 0. The van der Waals surface area contributed by atoms with Crippen LogP contribution in [0.2, 0.25) is 0 Å². The van der Waals surface area contributed by atoms with Crippen molar-refractivity contribution in [3.8, 4) is 0 Å². The molecule has 0 spiro atoms. The smallest absolute Gasteiger partial charge is 0.0359 e. The fraction of sp³-hybridized carbons (Fsp3) is 0.600. The molecule has 0 saturated carbocycles. The quantitative estimate of drug-likeness (QED) is 0.767. The third-order valence-corrected chi connectivity index (χ3v) is 3.76. The van der Waals surface area contributed by atoms with Gasteiger partial charge in [0.1, 0.15) is 0 Å². The molecular formula is C15H26N2. The molecule has 0 heterocycles. The van der Waals surface area contributed by atoms with Crippen LogP contribution in [-0.2, 0) is 6.54 Å². The second-order valence-corrected chi connectivity index (χ2v) is 5.95. The average molecular weight is 234 g/mol. The van der Waals surface area contributed by atoms with Gasteiger partial charge in [-0.05, 0) is 29.9 Å². The Morgan fingerprint density at radius 3 is 2.53 bits per heavy atom. The van der Waals surface area contributed by atoms with Crippen LogP contribution in [0.25, 0.3) is 0 Å². The molecule has 0 aliphatic carbocycles. The molecule has 17 heavy (non-hydrogen) atoms. The highest BCUT2D eigenvalue weighted by molar-refractivity contribution is 5.48. The van der Waals surface area contributed by atoms with E-state index in [1.165, 1.54) is 11.1 Å². The number of aryl methyl sites for hydroxylation is 1. The monoisotopic (exact) mass is 234 g/mol. The number of hydrogen-bond acceptors (Lipinski definition) is 2. The van der Waals surface area contributed by atoms with Crippen molar-refractivity contribution in [1.29, 1.82) is 0 Å². The van der Waals surface area contributed by atoms with Crippen LogP contribution in [0.3, 0.4) is 0 Å². The van der Waals surface area contributed by atoms with E-state index < -0.39 is 0 Å². The Balaban J connectivity index is 2.54. The summed E-state index contributed by atoms with van der Waals surface area (Å²) >= 11 is 0. The Labute approximate surface area is 106 Å². The van der Waals surface area contributed by atoms with Gasteiger partial charge in [-0.3, -0.25) is 0 Å². The number of nitrogens with one attached hydrogen (secondary N) is 1. The molecule has 2 nitrogen and oxygen atoms in total. The zero-order valence-electron chi connectivity index (χ0n) is 11.8. The van der Waals surface area contributed by atoms with Crippen LogP contribution in [0.4, 0.5) is 5.69 Å². The van der Waals surface area contributed by atoms with Crippen LogP contribution in [0.5, 0.6) is 0 Å². The molecule has 0 aliphatic heterocycles. The summed E-state index contributed by atoms with van der Waals surface area (Å²) < 4.78 is 0. The van der Waals surface area contributed by atoms with Crippen LogP contribution >= 0.6 is 0 Å². The molecule has 0 amide bonds. The summed E-state index contributed by atoms with van der Waals surface area (Å²) in [5.41, 5.74) is 9.62. The van der Waals surface area contributed by atoms with E-state index in [0.29, 0.717) is 11.3 Å². The van der Waals surface area contributed by atoms with Gasteiger partial charge < -0.3 is 11.1 Å². The van der Waals surface area contributed by atoms with E-state index in [4.69, 9.17) is 5.73 Å². The molecule has 0 saturated heterocycles. The fourth-order valence-corrected chi connectivity index (χ4v) is 1.61. The van der Waals surface area contributed by atoms with E-state index in [1.807, 2.05) is 6.07 Å². The number of hydrogen-bond donors (Lipinski definition) is 2. The van der Waals surface area contributed by atoms with Crippen molar-refractivity contribution < 1.29 is 0 Å². The average Bonchev–Trinajstić information content (AvgIpc) is 2.22. The molecule has 1 aromatic carbocycles. The highest BCUT2D eigenvalue weighted by Crippen LogP contribution is 2.25. The molecule has 1 aromatic rings. The summed E-state index contributed by atoms with van der Waals surface area (Å²) in [6.07, 6.45) is 0. The topological polar surface area (TPSA) is 38.0 Å². The first-order chi connectivity index (χ1) is 7.83. The minimum Gasteiger partial charge on any atom is -0.398 e. The van der Waals surface area contributed by atoms with Crippen LogP contribution in [0, 0.1) is 18.3 Å². The standard InChI is InChI=1S/C15H26N2/c1-11(2)15(4,5)10-17-9-13-8-12(3)6-7-14(13)16/h6-8,11,17H,9-10,16H2,1-5H3. The zero-order chi connectivity index (χ0) is 13.1. The molecule has 96 valence electrons. The highest BCUT2D eigenvalue weighted by atomic mass is 14.9. The van der Waals surface area contributed by atoms with Gasteiger partial charge in [-0.15, -0.1) is 0 Å². The number of anilines is 1. The highest BCUT2D eigenvalue weighted by Gasteiger charge is 2.21. The maximum absolute atomic E-state index is 5.96. The minimum atomic E-state index is 0.318. The molecule has 0 fully saturated rings. The Morgan fingerprint density at radius 2 is 1.94 bits per heavy atom. The lowest BCUT2D eigenvalue weighted by Gasteiger charge is -2.29. The van der Waals surface area contributed by atoms with Gasteiger partial charge in [0.25, 0.3) is 0 Å². The third kappa shape index (κ3) is 4.04. The van der Waals surface area contributed by atoms with Gasteiger partial charge >= 0.3 is 0 Å². The molecule has 0 aromatic heterocycles. The summed E-state index contributed by atoms with van der Waals surface area (Å²) in [6.45, 7) is 13.1. The first-order valence-corrected chi connectivity index (χ1v) is 6.38. The van der Waals surface area contributed by atoms with Crippen molar-refractivity contribution in [3.05, 3.63) is 29.3 Å². The summed E-state index contributed by atoms with van der Waals surface area (Å²) in [5, 5.41) is 3.51. The third-order valence-electron chi connectivity index (χ3n) is 3.76. The van der Waals surface area contributed by atoms with E-state index in [1.54, 1.807) is 0 Å². The van der Waals surface area contributed by atoms with E-state index in [0.717, 1.165) is 18.8 Å². The van der Waals surface area contributed by atoms with Crippen LogP contribution in [0.15, 0.2) is 18.2 Å².